The summed E-state index contributed by atoms with van der Waals surface area (Å²) >= 11 is 0. The molecule has 4 atom stereocenters. The minimum atomic E-state index is -1.11. The first-order valence-corrected chi connectivity index (χ1v) is 6.86. The van der Waals surface area contributed by atoms with Crippen LogP contribution in [0.2, 0.25) is 0 Å². The number of hydrogen-bond acceptors (Lipinski definition) is 5. The van der Waals surface area contributed by atoms with Crippen LogP contribution in [0.4, 0.5) is 8.78 Å². The summed E-state index contributed by atoms with van der Waals surface area (Å²) in [5.74, 6) is -2.43. The Labute approximate surface area is 125 Å². The van der Waals surface area contributed by atoms with Crippen molar-refractivity contribution < 1.29 is 28.9 Å². The van der Waals surface area contributed by atoms with Crippen molar-refractivity contribution in [2.45, 2.75) is 30.7 Å². The Kier molecular flexibility index (Phi) is 5.41. The highest BCUT2D eigenvalue weighted by Gasteiger charge is 2.40. The lowest BCUT2D eigenvalue weighted by molar-refractivity contribution is -0.120. The molecule has 8 heteroatoms. The summed E-state index contributed by atoms with van der Waals surface area (Å²) < 4.78 is 25.8. The van der Waals surface area contributed by atoms with Crippen LogP contribution in [0.15, 0.2) is 18.2 Å². The Morgan fingerprint density at radius 1 is 1.18 bits per heavy atom. The van der Waals surface area contributed by atoms with Gasteiger partial charge in [0.15, 0.2) is 11.6 Å². The van der Waals surface area contributed by atoms with Gasteiger partial charge < -0.3 is 26.0 Å². The second kappa shape index (κ2) is 7.10. The van der Waals surface area contributed by atoms with Gasteiger partial charge in [-0.2, -0.15) is 0 Å². The van der Waals surface area contributed by atoms with Crippen LogP contribution >= 0.6 is 0 Å². The van der Waals surface area contributed by atoms with Gasteiger partial charge in [0.25, 0.3) is 0 Å². The maximum absolute atomic E-state index is 13.0. The second-order valence-electron chi connectivity index (χ2n) is 5.27. The summed E-state index contributed by atoms with van der Waals surface area (Å²) in [6, 6.07) is 1.96. The molecule has 1 heterocycles. The summed E-state index contributed by atoms with van der Waals surface area (Å²) in [7, 11) is 0. The summed E-state index contributed by atoms with van der Waals surface area (Å²) in [4.78, 5) is 11.8. The van der Waals surface area contributed by atoms with Crippen molar-refractivity contribution in [2.24, 2.45) is 0 Å². The van der Waals surface area contributed by atoms with Crippen LogP contribution in [-0.2, 0) is 11.2 Å². The maximum atomic E-state index is 13.0. The number of hydrogen-bond donors (Lipinski definition) is 5. The van der Waals surface area contributed by atoms with E-state index in [0.29, 0.717) is 5.56 Å². The van der Waals surface area contributed by atoms with Crippen LogP contribution < -0.4 is 10.6 Å². The molecule has 22 heavy (non-hydrogen) atoms. The monoisotopic (exact) mass is 316 g/mol. The van der Waals surface area contributed by atoms with Crippen molar-refractivity contribution in [1.82, 2.24) is 10.6 Å². The number of amides is 1. The molecule has 122 valence electrons. The van der Waals surface area contributed by atoms with E-state index in [-0.39, 0.29) is 19.6 Å². The largest absolute Gasteiger partial charge is 0.395 e. The highest BCUT2D eigenvalue weighted by Crippen LogP contribution is 2.14. The Bertz CT molecular complexity index is 544. The van der Waals surface area contributed by atoms with Crippen molar-refractivity contribution in [3.63, 3.8) is 0 Å². The molecule has 0 saturated carbocycles. The molecule has 0 bridgehead atoms. The van der Waals surface area contributed by atoms with Gasteiger partial charge in [0.1, 0.15) is 0 Å². The number of benzene rings is 1. The van der Waals surface area contributed by atoms with Crippen molar-refractivity contribution in [2.75, 3.05) is 13.2 Å². The summed E-state index contributed by atoms with van der Waals surface area (Å²) in [5.41, 5.74) is 0.324. The van der Waals surface area contributed by atoms with Gasteiger partial charge in [-0.3, -0.25) is 4.79 Å². The second-order valence-corrected chi connectivity index (χ2v) is 5.27. The number of aliphatic hydroxyl groups is 3. The Hall–Kier alpha value is -1.61. The van der Waals surface area contributed by atoms with Crippen LogP contribution in [-0.4, -0.2) is 58.7 Å². The zero-order chi connectivity index (χ0) is 16.3. The molecule has 0 aliphatic carbocycles. The lowest BCUT2D eigenvalue weighted by atomic mass is 10.1. The van der Waals surface area contributed by atoms with Crippen LogP contribution in [0, 0.1) is 11.6 Å². The minimum Gasteiger partial charge on any atom is -0.395 e. The third kappa shape index (κ3) is 3.77. The van der Waals surface area contributed by atoms with E-state index < -0.39 is 41.8 Å². The average Bonchev–Trinajstić information content (AvgIpc) is 2.76. The molecular formula is C14H18F2N2O4. The highest BCUT2D eigenvalue weighted by molar-refractivity contribution is 5.78. The number of halogens is 2. The van der Waals surface area contributed by atoms with Crippen molar-refractivity contribution in [1.29, 1.82) is 0 Å². The molecule has 0 radical (unpaired) electrons. The fraction of sp³-hybridized carbons (Fsp3) is 0.500. The van der Waals surface area contributed by atoms with Crippen LogP contribution in [0.3, 0.4) is 0 Å². The van der Waals surface area contributed by atoms with Crippen molar-refractivity contribution >= 4 is 5.91 Å². The normalized spacial score (nSPS) is 27.9. The molecule has 0 unspecified atom stereocenters. The predicted octanol–water partition coefficient (Wildman–Crippen LogP) is -1.32. The molecule has 0 spiro atoms. The van der Waals surface area contributed by atoms with Gasteiger partial charge in [0.05, 0.1) is 37.3 Å². The quantitative estimate of drug-likeness (QED) is 0.464. The van der Waals surface area contributed by atoms with E-state index in [2.05, 4.69) is 10.6 Å². The van der Waals surface area contributed by atoms with E-state index in [1.807, 2.05) is 0 Å². The molecule has 0 aromatic heterocycles. The number of aliphatic hydroxyl groups excluding tert-OH is 3. The van der Waals surface area contributed by atoms with Crippen LogP contribution in [0.1, 0.15) is 5.56 Å². The summed E-state index contributed by atoms with van der Waals surface area (Å²) in [5, 5.41) is 33.7. The van der Waals surface area contributed by atoms with Gasteiger partial charge in [-0.15, -0.1) is 0 Å². The zero-order valence-corrected chi connectivity index (χ0v) is 11.7. The molecule has 1 aromatic rings. The molecule has 1 aromatic carbocycles. The fourth-order valence-corrected chi connectivity index (χ4v) is 2.41. The third-order valence-electron chi connectivity index (χ3n) is 3.67. The van der Waals surface area contributed by atoms with Crippen molar-refractivity contribution in [3.05, 3.63) is 35.4 Å². The van der Waals surface area contributed by atoms with Crippen molar-refractivity contribution in [3.8, 4) is 0 Å². The molecule has 2 rings (SSSR count). The van der Waals surface area contributed by atoms with Gasteiger partial charge in [0.2, 0.25) is 5.91 Å². The number of carbonyl (C=O) groups is 1. The van der Waals surface area contributed by atoms with E-state index in [9.17, 15) is 23.8 Å². The molecule has 1 amide bonds. The third-order valence-corrected chi connectivity index (χ3v) is 3.67. The SMILES string of the molecule is O=C(Cc1ccc(F)c(F)c1)NC[C@H]1N[C@H](CO)[C@H](O)[C@@H]1O. The predicted molar refractivity (Wildman–Crippen MR) is 72.9 cm³/mol. The lowest BCUT2D eigenvalue weighted by Gasteiger charge is -2.16. The number of rotatable bonds is 5. The van der Waals surface area contributed by atoms with Crippen LogP contribution in [0.25, 0.3) is 0 Å². The summed E-state index contributed by atoms with van der Waals surface area (Å²) in [6.45, 7) is -0.297. The van der Waals surface area contributed by atoms with Gasteiger partial charge in [-0.25, -0.2) is 8.78 Å². The minimum absolute atomic E-state index is 0.0389. The number of carbonyl (C=O) groups excluding carboxylic acids is 1. The Morgan fingerprint density at radius 2 is 1.86 bits per heavy atom. The number of nitrogens with one attached hydrogen (secondary N) is 2. The molecule has 6 nitrogen and oxygen atoms in total. The van der Waals surface area contributed by atoms with Gasteiger partial charge >= 0.3 is 0 Å². The maximum Gasteiger partial charge on any atom is 0.224 e. The standard InChI is InChI=1S/C14H18F2N2O4/c15-8-2-1-7(3-9(8)16)4-12(20)17-5-10-13(21)14(22)11(6-19)18-10/h1-3,10-11,13-14,18-19,21-22H,4-6H2,(H,17,20)/t10-,11-,13-,14+/m1/s1. The Balaban J connectivity index is 1.84. The zero-order valence-electron chi connectivity index (χ0n) is 11.7. The van der Waals surface area contributed by atoms with E-state index in [1.54, 1.807) is 0 Å². The Morgan fingerprint density at radius 3 is 2.45 bits per heavy atom. The van der Waals surface area contributed by atoms with Gasteiger partial charge in [-0.05, 0) is 17.7 Å². The van der Waals surface area contributed by atoms with E-state index in [1.165, 1.54) is 6.07 Å². The molecular weight excluding hydrogens is 298 g/mol. The molecule has 1 saturated heterocycles. The van der Waals surface area contributed by atoms with Crippen LogP contribution in [0.5, 0.6) is 0 Å². The fourth-order valence-electron chi connectivity index (χ4n) is 2.41. The summed E-state index contributed by atoms with van der Waals surface area (Å²) in [6.07, 6.45) is -2.36. The average molecular weight is 316 g/mol. The highest BCUT2D eigenvalue weighted by atomic mass is 19.2. The first-order chi connectivity index (χ1) is 10.4. The van der Waals surface area contributed by atoms with E-state index in [4.69, 9.17) is 5.11 Å². The lowest BCUT2D eigenvalue weighted by Crippen LogP contribution is -2.44. The smallest absolute Gasteiger partial charge is 0.224 e. The van der Waals surface area contributed by atoms with E-state index in [0.717, 1.165) is 12.1 Å². The first-order valence-electron chi connectivity index (χ1n) is 6.86. The van der Waals surface area contributed by atoms with Gasteiger partial charge in [-0.1, -0.05) is 6.07 Å². The molecule has 1 aliphatic heterocycles. The van der Waals surface area contributed by atoms with Gasteiger partial charge in [0, 0.05) is 6.54 Å². The molecule has 1 aliphatic rings. The molecule has 5 N–H and O–H groups in total. The molecule has 1 fully saturated rings. The first kappa shape index (κ1) is 16.8. The topological polar surface area (TPSA) is 102 Å². The van der Waals surface area contributed by atoms with E-state index >= 15 is 0 Å².